The van der Waals surface area contributed by atoms with Crippen LogP contribution in [-0.4, -0.2) is 5.54 Å². The molecular formula is C18H23ClFNO. The Labute approximate surface area is 138 Å². The number of nitrogens with one attached hydrogen (secondary N) is 1. The second kappa shape index (κ2) is 8.16. The molecule has 0 fully saturated rings. The van der Waals surface area contributed by atoms with Crippen molar-refractivity contribution in [1.82, 2.24) is 5.32 Å². The minimum Gasteiger partial charge on any atom is -0.489 e. The van der Waals surface area contributed by atoms with Gasteiger partial charge in [0.15, 0.2) is 0 Å². The predicted molar refractivity (Wildman–Crippen MR) is 91.0 cm³/mol. The summed E-state index contributed by atoms with van der Waals surface area (Å²) >= 11 is 0. The fourth-order valence-electron chi connectivity index (χ4n) is 1.89. The molecule has 0 saturated heterocycles. The number of hydrogen-bond acceptors (Lipinski definition) is 2. The van der Waals surface area contributed by atoms with Gasteiger partial charge in [-0.15, -0.1) is 12.4 Å². The van der Waals surface area contributed by atoms with Crippen LogP contribution < -0.4 is 10.1 Å². The maximum atomic E-state index is 13.5. The number of rotatable bonds is 5. The van der Waals surface area contributed by atoms with Crippen LogP contribution in [-0.2, 0) is 13.2 Å². The summed E-state index contributed by atoms with van der Waals surface area (Å²) in [6, 6.07) is 14.6. The Bertz CT molecular complexity index is 596. The van der Waals surface area contributed by atoms with Crippen molar-refractivity contribution in [3.8, 4) is 5.75 Å². The highest BCUT2D eigenvalue weighted by molar-refractivity contribution is 5.85. The quantitative estimate of drug-likeness (QED) is 0.860. The molecule has 0 heterocycles. The van der Waals surface area contributed by atoms with E-state index in [1.54, 1.807) is 12.1 Å². The first-order valence-corrected chi connectivity index (χ1v) is 7.14. The Morgan fingerprint density at radius 1 is 1.05 bits per heavy atom. The molecule has 0 amide bonds. The molecule has 0 aliphatic rings. The van der Waals surface area contributed by atoms with E-state index >= 15 is 0 Å². The predicted octanol–water partition coefficient (Wildman–Crippen LogP) is 4.71. The molecule has 0 unspecified atom stereocenters. The average Bonchev–Trinajstić information content (AvgIpc) is 2.44. The summed E-state index contributed by atoms with van der Waals surface area (Å²) in [5.74, 6) is 0.523. The lowest BCUT2D eigenvalue weighted by Crippen LogP contribution is -2.35. The Kier molecular flexibility index (Phi) is 6.85. The second-order valence-corrected chi connectivity index (χ2v) is 6.13. The normalized spacial score (nSPS) is 10.9. The standard InChI is InChI=1S/C18H22FNO.ClH/c1-18(2,3)20-12-14-7-6-9-16(11-14)21-13-15-8-4-5-10-17(15)19;/h4-11,20H,12-13H2,1-3H3;1H. The monoisotopic (exact) mass is 323 g/mol. The minimum absolute atomic E-state index is 0. The van der Waals surface area contributed by atoms with E-state index in [2.05, 4.69) is 32.2 Å². The summed E-state index contributed by atoms with van der Waals surface area (Å²) in [6.07, 6.45) is 0. The zero-order valence-electron chi connectivity index (χ0n) is 13.2. The van der Waals surface area contributed by atoms with Crippen LogP contribution in [0.3, 0.4) is 0 Å². The maximum absolute atomic E-state index is 13.5. The fourth-order valence-corrected chi connectivity index (χ4v) is 1.89. The Morgan fingerprint density at radius 3 is 2.45 bits per heavy atom. The highest BCUT2D eigenvalue weighted by Crippen LogP contribution is 2.17. The van der Waals surface area contributed by atoms with Gasteiger partial charge in [0.2, 0.25) is 0 Å². The molecule has 0 spiro atoms. The summed E-state index contributed by atoms with van der Waals surface area (Å²) in [5.41, 5.74) is 1.79. The SMILES string of the molecule is CC(C)(C)NCc1cccc(OCc2ccccc2F)c1.Cl. The molecular weight excluding hydrogens is 301 g/mol. The highest BCUT2D eigenvalue weighted by Gasteiger charge is 2.08. The van der Waals surface area contributed by atoms with Crippen molar-refractivity contribution in [3.63, 3.8) is 0 Å². The van der Waals surface area contributed by atoms with Crippen molar-refractivity contribution in [3.05, 3.63) is 65.5 Å². The molecule has 2 aromatic rings. The van der Waals surface area contributed by atoms with E-state index in [9.17, 15) is 4.39 Å². The topological polar surface area (TPSA) is 21.3 Å². The van der Waals surface area contributed by atoms with Gasteiger partial charge in [0.1, 0.15) is 18.2 Å². The lowest BCUT2D eigenvalue weighted by atomic mass is 10.1. The third-order valence-electron chi connectivity index (χ3n) is 3.07. The van der Waals surface area contributed by atoms with Crippen molar-refractivity contribution in [1.29, 1.82) is 0 Å². The van der Waals surface area contributed by atoms with E-state index in [1.165, 1.54) is 6.07 Å². The molecule has 4 heteroatoms. The summed E-state index contributed by atoms with van der Waals surface area (Å²) in [5, 5.41) is 3.43. The number of hydrogen-bond donors (Lipinski definition) is 1. The highest BCUT2D eigenvalue weighted by atomic mass is 35.5. The second-order valence-electron chi connectivity index (χ2n) is 6.13. The van der Waals surface area contributed by atoms with Gasteiger partial charge >= 0.3 is 0 Å². The number of benzene rings is 2. The van der Waals surface area contributed by atoms with Crippen LogP contribution in [0, 0.1) is 5.82 Å². The van der Waals surface area contributed by atoms with E-state index in [4.69, 9.17) is 4.74 Å². The summed E-state index contributed by atoms with van der Waals surface area (Å²) in [4.78, 5) is 0. The first-order chi connectivity index (χ1) is 9.94. The lowest BCUT2D eigenvalue weighted by molar-refractivity contribution is 0.299. The van der Waals surface area contributed by atoms with Crippen molar-refractivity contribution in [2.45, 2.75) is 39.5 Å². The first-order valence-electron chi connectivity index (χ1n) is 7.14. The van der Waals surface area contributed by atoms with E-state index < -0.39 is 0 Å². The molecule has 2 rings (SSSR count). The van der Waals surface area contributed by atoms with Gasteiger partial charge in [0, 0.05) is 17.6 Å². The van der Waals surface area contributed by atoms with Crippen LogP contribution in [0.5, 0.6) is 5.75 Å². The lowest BCUT2D eigenvalue weighted by Gasteiger charge is -2.20. The molecule has 0 saturated carbocycles. The van der Waals surface area contributed by atoms with Crippen LogP contribution in [0.25, 0.3) is 0 Å². The van der Waals surface area contributed by atoms with Gasteiger partial charge in [-0.2, -0.15) is 0 Å². The molecule has 2 aromatic carbocycles. The average molecular weight is 324 g/mol. The summed E-state index contributed by atoms with van der Waals surface area (Å²) in [7, 11) is 0. The summed E-state index contributed by atoms with van der Waals surface area (Å²) < 4.78 is 19.2. The van der Waals surface area contributed by atoms with Crippen LogP contribution in [0.2, 0.25) is 0 Å². The smallest absolute Gasteiger partial charge is 0.129 e. The Hall–Kier alpha value is -1.58. The molecule has 0 aromatic heterocycles. The largest absolute Gasteiger partial charge is 0.489 e. The third kappa shape index (κ3) is 6.04. The van der Waals surface area contributed by atoms with Gasteiger partial charge < -0.3 is 10.1 Å². The van der Waals surface area contributed by atoms with E-state index in [0.29, 0.717) is 5.56 Å². The zero-order valence-corrected chi connectivity index (χ0v) is 14.0. The molecule has 2 nitrogen and oxygen atoms in total. The number of halogens is 2. The van der Waals surface area contributed by atoms with Crippen molar-refractivity contribution < 1.29 is 9.13 Å². The van der Waals surface area contributed by atoms with E-state index in [0.717, 1.165) is 17.9 Å². The molecule has 0 atom stereocenters. The van der Waals surface area contributed by atoms with Gasteiger partial charge in [0.25, 0.3) is 0 Å². The fraction of sp³-hybridized carbons (Fsp3) is 0.333. The van der Waals surface area contributed by atoms with Crippen LogP contribution in [0.15, 0.2) is 48.5 Å². The van der Waals surface area contributed by atoms with Crippen LogP contribution >= 0.6 is 12.4 Å². The van der Waals surface area contributed by atoms with E-state index in [-0.39, 0.29) is 30.4 Å². The molecule has 0 aliphatic heterocycles. The van der Waals surface area contributed by atoms with Crippen LogP contribution in [0.4, 0.5) is 4.39 Å². The van der Waals surface area contributed by atoms with Gasteiger partial charge in [-0.3, -0.25) is 0 Å². The third-order valence-corrected chi connectivity index (χ3v) is 3.07. The van der Waals surface area contributed by atoms with Crippen molar-refractivity contribution in [2.24, 2.45) is 0 Å². The number of ether oxygens (including phenoxy) is 1. The Balaban J connectivity index is 0.00000242. The molecule has 0 bridgehead atoms. The molecule has 1 N–H and O–H groups in total. The minimum atomic E-state index is -0.233. The molecule has 22 heavy (non-hydrogen) atoms. The molecule has 0 radical (unpaired) electrons. The molecule has 120 valence electrons. The summed E-state index contributed by atoms with van der Waals surface area (Å²) in [6.45, 7) is 7.41. The van der Waals surface area contributed by atoms with Gasteiger partial charge in [-0.1, -0.05) is 30.3 Å². The Morgan fingerprint density at radius 2 is 1.77 bits per heavy atom. The van der Waals surface area contributed by atoms with Crippen molar-refractivity contribution >= 4 is 12.4 Å². The zero-order chi connectivity index (χ0) is 15.3. The van der Waals surface area contributed by atoms with Crippen molar-refractivity contribution in [2.75, 3.05) is 0 Å². The van der Waals surface area contributed by atoms with Crippen LogP contribution in [0.1, 0.15) is 31.9 Å². The van der Waals surface area contributed by atoms with E-state index in [1.807, 2.05) is 24.3 Å². The van der Waals surface area contributed by atoms with Gasteiger partial charge in [-0.05, 0) is 44.5 Å². The first kappa shape index (κ1) is 18.5. The van der Waals surface area contributed by atoms with Gasteiger partial charge in [-0.25, -0.2) is 4.39 Å². The van der Waals surface area contributed by atoms with Gasteiger partial charge in [0.05, 0.1) is 0 Å². The molecule has 0 aliphatic carbocycles. The maximum Gasteiger partial charge on any atom is 0.129 e.